The summed E-state index contributed by atoms with van der Waals surface area (Å²) in [6.45, 7) is 1.61. The van der Waals surface area contributed by atoms with E-state index in [1.165, 1.54) is 7.11 Å². The zero-order chi connectivity index (χ0) is 13.0. The summed E-state index contributed by atoms with van der Waals surface area (Å²) in [4.78, 5) is 11.1. The molecule has 1 heterocycles. The van der Waals surface area contributed by atoms with E-state index < -0.39 is 0 Å². The Morgan fingerprint density at radius 1 is 1.61 bits per heavy atom. The minimum absolute atomic E-state index is 0.243. The van der Waals surface area contributed by atoms with Crippen LogP contribution in [-0.2, 0) is 20.7 Å². The molecular weight excluding hydrogens is 232 g/mol. The number of anilines is 2. The van der Waals surface area contributed by atoms with Crippen molar-refractivity contribution in [3.05, 3.63) is 23.8 Å². The molecule has 0 bridgehead atoms. The molecular formula is C13H18N2O3. The van der Waals surface area contributed by atoms with Crippen molar-refractivity contribution >= 4 is 17.3 Å². The maximum absolute atomic E-state index is 11.1. The van der Waals surface area contributed by atoms with E-state index in [-0.39, 0.29) is 12.4 Å². The van der Waals surface area contributed by atoms with Gasteiger partial charge >= 0.3 is 5.97 Å². The lowest BCUT2D eigenvalue weighted by Gasteiger charge is -2.27. The number of ether oxygens (including phenoxy) is 2. The Labute approximate surface area is 106 Å². The van der Waals surface area contributed by atoms with Gasteiger partial charge in [-0.2, -0.15) is 0 Å². The molecule has 0 aliphatic carbocycles. The largest absolute Gasteiger partial charge is 0.469 e. The van der Waals surface area contributed by atoms with Crippen LogP contribution >= 0.6 is 0 Å². The van der Waals surface area contributed by atoms with Crippen LogP contribution in [0.5, 0.6) is 0 Å². The van der Waals surface area contributed by atoms with Crippen molar-refractivity contribution in [1.82, 2.24) is 0 Å². The number of rotatable bonds is 5. The van der Waals surface area contributed by atoms with Crippen molar-refractivity contribution in [1.29, 1.82) is 0 Å². The number of nitrogens with two attached hydrogens (primary N) is 1. The fourth-order valence-corrected chi connectivity index (χ4v) is 1.79. The molecule has 1 aromatic carbocycles. The topological polar surface area (TPSA) is 73.6 Å². The van der Waals surface area contributed by atoms with Gasteiger partial charge < -0.3 is 20.5 Å². The van der Waals surface area contributed by atoms with Crippen molar-refractivity contribution in [3.8, 4) is 0 Å². The molecule has 1 fully saturated rings. The van der Waals surface area contributed by atoms with Crippen molar-refractivity contribution in [2.45, 2.75) is 18.9 Å². The Kier molecular flexibility index (Phi) is 4.04. The summed E-state index contributed by atoms with van der Waals surface area (Å²) in [5, 5.41) is 3.24. The van der Waals surface area contributed by atoms with Crippen molar-refractivity contribution in [3.63, 3.8) is 0 Å². The Morgan fingerprint density at radius 3 is 2.94 bits per heavy atom. The smallest absolute Gasteiger partial charge is 0.309 e. The average Bonchev–Trinajstić information content (AvgIpc) is 2.29. The SMILES string of the molecule is COC(=O)Cc1ccc(NC[C@@H]2CCO2)c(N)c1. The third kappa shape index (κ3) is 3.13. The molecule has 5 nitrogen and oxygen atoms in total. The van der Waals surface area contributed by atoms with Gasteiger partial charge in [0.2, 0.25) is 0 Å². The second-order valence-electron chi connectivity index (χ2n) is 4.34. The molecule has 0 radical (unpaired) electrons. The summed E-state index contributed by atoms with van der Waals surface area (Å²) in [6, 6.07) is 5.55. The van der Waals surface area contributed by atoms with Crippen LogP contribution in [-0.4, -0.2) is 32.3 Å². The summed E-state index contributed by atoms with van der Waals surface area (Å²) >= 11 is 0. The van der Waals surface area contributed by atoms with Gasteiger partial charge in [-0.25, -0.2) is 0 Å². The van der Waals surface area contributed by atoms with E-state index >= 15 is 0 Å². The Hall–Kier alpha value is -1.75. The predicted octanol–water partition coefficient (Wildman–Crippen LogP) is 1.19. The Balaban J connectivity index is 1.93. The van der Waals surface area contributed by atoms with Gasteiger partial charge in [0.25, 0.3) is 0 Å². The molecule has 0 spiro atoms. The third-order valence-corrected chi connectivity index (χ3v) is 3.01. The highest BCUT2D eigenvalue weighted by molar-refractivity contribution is 5.75. The molecule has 1 aliphatic rings. The van der Waals surface area contributed by atoms with Gasteiger partial charge in [0.15, 0.2) is 0 Å². The number of hydrogen-bond acceptors (Lipinski definition) is 5. The molecule has 18 heavy (non-hydrogen) atoms. The molecule has 1 aromatic rings. The summed E-state index contributed by atoms with van der Waals surface area (Å²) in [5.74, 6) is -0.266. The van der Waals surface area contributed by atoms with Crippen LogP contribution in [0.3, 0.4) is 0 Å². The fourth-order valence-electron chi connectivity index (χ4n) is 1.79. The van der Waals surface area contributed by atoms with Gasteiger partial charge in [-0.1, -0.05) is 6.07 Å². The van der Waals surface area contributed by atoms with E-state index in [9.17, 15) is 4.79 Å². The normalized spacial score (nSPS) is 17.9. The molecule has 2 rings (SSSR count). The number of esters is 1. The number of nitrogens with one attached hydrogen (secondary N) is 1. The molecule has 0 unspecified atom stereocenters. The third-order valence-electron chi connectivity index (χ3n) is 3.01. The number of nitrogen functional groups attached to an aromatic ring is 1. The van der Waals surface area contributed by atoms with E-state index in [2.05, 4.69) is 10.1 Å². The Morgan fingerprint density at radius 2 is 2.39 bits per heavy atom. The average molecular weight is 250 g/mol. The molecule has 0 amide bonds. The highest BCUT2D eigenvalue weighted by Gasteiger charge is 2.17. The lowest BCUT2D eigenvalue weighted by atomic mass is 10.1. The monoisotopic (exact) mass is 250 g/mol. The van der Waals surface area contributed by atoms with Gasteiger partial charge in [-0.3, -0.25) is 4.79 Å². The molecule has 5 heteroatoms. The standard InChI is InChI=1S/C13H18N2O3/c1-17-13(16)7-9-2-3-12(11(14)6-9)15-8-10-4-5-18-10/h2-3,6,10,15H,4-5,7-8,14H2,1H3/t10-/m0/s1. The minimum atomic E-state index is -0.266. The van der Waals surface area contributed by atoms with Crippen LogP contribution in [0.1, 0.15) is 12.0 Å². The van der Waals surface area contributed by atoms with Crippen molar-refractivity contribution in [2.24, 2.45) is 0 Å². The fraction of sp³-hybridized carbons (Fsp3) is 0.462. The van der Waals surface area contributed by atoms with Crippen molar-refractivity contribution in [2.75, 3.05) is 31.3 Å². The second-order valence-corrected chi connectivity index (χ2v) is 4.34. The predicted molar refractivity (Wildman–Crippen MR) is 69.4 cm³/mol. The number of carbonyl (C=O) groups excluding carboxylic acids is 1. The number of carbonyl (C=O) groups is 1. The number of benzene rings is 1. The summed E-state index contributed by atoms with van der Waals surface area (Å²) in [7, 11) is 1.38. The molecule has 1 atom stereocenters. The highest BCUT2D eigenvalue weighted by Crippen LogP contribution is 2.21. The molecule has 3 N–H and O–H groups in total. The maximum Gasteiger partial charge on any atom is 0.309 e. The number of hydrogen-bond donors (Lipinski definition) is 2. The summed E-state index contributed by atoms with van der Waals surface area (Å²) in [5.41, 5.74) is 8.29. The zero-order valence-corrected chi connectivity index (χ0v) is 10.4. The first kappa shape index (κ1) is 12.7. The minimum Gasteiger partial charge on any atom is -0.469 e. The lowest BCUT2D eigenvalue weighted by Crippen LogP contribution is -2.33. The van der Waals surface area contributed by atoms with Crippen LogP contribution in [0.15, 0.2) is 18.2 Å². The number of methoxy groups -OCH3 is 1. The van der Waals surface area contributed by atoms with Gasteiger partial charge in [0.1, 0.15) is 0 Å². The van der Waals surface area contributed by atoms with E-state index in [1.54, 1.807) is 6.07 Å². The van der Waals surface area contributed by atoms with Crippen LogP contribution in [0, 0.1) is 0 Å². The maximum atomic E-state index is 11.1. The van der Waals surface area contributed by atoms with E-state index in [0.29, 0.717) is 11.8 Å². The van der Waals surface area contributed by atoms with Crippen LogP contribution in [0.25, 0.3) is 0 Å². The second kappa shape index (κ2) is 5.73. The van der Waals surface area contributed by atoms with Gasteiger partial charge in [-0.05, 0) is 24.1 Å². The van der Waals surface area contributed by atoms with Crippen LogP contribution < -0.4 is 11.1 Å². The summed E-state index contributed by atoms with van der Waals surface area (Å²) < 4.78 is 9.93. The highest BCUT2D eigenvalue weighted by atomic mass is 16.5. The van der Waals surface area contributed by atoms with Gasteiger partial charge in [0.05, 0.1) is 31.0 Å². The van der Waals surface area contributed by atoms with Crippen molar-refractivity contribution < 1.29 is 14.3 Å². The van der Waals surface area contributed by atoms with E-state index in [0.717, 1.165) is 30.8 Å². The van der Waals surface area contributed by atoms with E-state index in [4.69, 9.17) is 10.5 Å². The lowest BCUT2D eigenvalue weighted by molar-refractivity contribution is -0.139. The van der Waals surface area contributed by atoms with Crippen LogP contribution in [0.4, 0.5) is 11.4 Å². The first-order valence-corrected chi connectivity index (χ1v) is 5.99. The van der Waals surface area contributed by atoms with Gasteiger partial charge in [-0.15, -0.1) is 0 Å². The molecule has 98 valence electrons. The van der Waals surface area contributed by atoms with Crippen LogP contribution in [0.2, 0.25) is 0 Å². The zero-order valence-electron chi connectivity index (χ0n) is 10.4. The summed E-state index contributed by atoms with van der Waals surface area (Å²) in [6.07, 6.45) is 1.62. The Bertz CT molecular complexity index is 430. The van der Waals surface area contributed by atoms with E-state index in [1.807, 2.05) is 12.1 Å². The quantitative estimate of drug-likeness (QED) is 0.606. The van der Waals surface area contributed by atoms with Gasteiger partial charge in [0, 0.05) is 13.2 Å². The molecule has 0 aromatic heterocycles. The molecule has 1 aliphatic heterocycles. The molecule has 0 saturated carbocycles. The molecule has 1 saturated heterocycles. The first-order chi connectivity index (χ1) is 8.69. The first-order valence-electron chi connectivity index (χ1n) is 5.99.